The average Bonchev–Trinajstić information content (AvgIpc) is 2.64. The number of aryl methyl sites for hydroxylation is 1. The maximum atomic E-state index is 12.5. The number of benzene rings is 2. The average molecular weight is 330 g/mol. The van der Waals surface area contributed by atoms with Gasteiger partial charge in [-0.05, 0) is 48.2 Å². The second-order valence-corrected chi connectivity index (χ2v) is 5.84. The third-order valence-corrected chi connectivity index (χ3v) is 4.18. The summed E-state index contributed by atoms with van der Waals surface area (Å²) in [5.41, 5.74) is 5.39. The second-order valence-electron chi connectivity index (χ2n) is 5.84. The van der Waals surface area contributed by atoms with Crippen LogP contribution in [0.3, 0.4) is 0 Å². The van der Waals surface area contributed by atoms with Crippen LogP contribution in [-0.2, 0) is 0 Å². The van der Waals surface area contributed by atoms with Crippen LogP contribution in [0.4, 0.5) is 5.69 Å². The van der Waals surface area contributed by atoms with Gasteiger partial charge >= 0.3 is 0 Å². The summed E-state index contributed by atoms with van der Waals surface area (Å²) in [6.07, 6.45) is 2.15. The first-order valence-electron chi connectivity index (χ1n) is 7.98. The summed E-state index contributed by atoms with van der Waals surface area (Å²) >= 11 is 0. The molecule has 0 spiro atoms. The van der Waals surface area contributed by atoms with Crippen LogP contribution < -0.4 is 5.32 Å². The highest BCUT2D eigenvalue weighted by Gasteiger charge is 2.12. The molecule has 2 aromatic carbocycles. The number of aldehydes is 1. The van der Waals surface area contributed by atoms with Crippen LogP contribution in [0.25, 0.3) is 11.1 Å². The molecule has 3 rings (SSSR count). The molecule has 0 radical (unpaired) electrons. The summed E-state index contributed by atoms with van der Waals surface area (Å²) in [5, 5.41) is 2.91. The van der Waals surface area contributed by atoms with Crippen molar-refractivity contribution in [3.8, 4) is 11.1 Å². The molecule has 0 fully saturated rings. The van der Waals surface area contributed by atoms with E-state index in [0.717, 1.165) is 34.2 Å². The molecule has 4 heteroatoms. The standard InChI is InChI=1S/C21H18N2O2/c1-14-11-20(22-12-17(14)13-24)21(25)23-19-10-6-9-18(15(19)2)16-7-4-3-5-8-16/h3-13H,1-2H3,(H,23,25). The monoisotopic (exact) mass is 330 g/mol. The quantitative estimate of drug-likeness (QED) is 0.720. The number of aromatic nitrogens is 1. The second kappa shape index (κ2) is 7.09. The van der Waals surface area contributed by atoms with Gasteiger partial charge in [-0.25, -0.2) is 0 Å². The molecule has 124 valence electrons. The fraction of sp³-hybridized carbons (Fsp3) is 0.0952. The van der Waals surface area contributed by atoms with Crippen molar-refractivity contribution in [1.29, 1.82) is 0 Å². The SMILES string of the molecule is Cc1cc(C(=O)Nc2cccc(-c3ccccc3)c2C)ncc1C=O. The van der Waals surface area contributed by atoms with E-state index in [1.54, 1.807) is 13.0 Å². The first kappa shape index (κ1) is 16.6. The van der Waals surface area contributed by atoms with E-state index >= 15 is 0 Å². The van der Waals surface area contributed by atoms with E-state index in [1.807, 2.05) is 55.5 Å². The van der Waals surface area contributed by atoms with E-state index in [0.29, 0.717) is 5.56 Å². The molecule has 0 unspecified atom stereocenters. The molecule has 0 bridgehead atoms. The predicted molar refractivity (Wildman–Crippen MR) is 98.9 cm³/mol. The van der Waals surface area contributed by atoms with Crippen molar-refractivity contribution in [2.75, 3.05) is 5.32 Å². The van der Waals surface area contributed by atoms with E-state index in [9.17, 15) is 9.59 Å². The Hall–Kier alpha value is -3.27. The zero-order chi connectivity index (χ0) is 17.8. The molecule has 1 N–H and O–H groups in total. The van der Waals surface area contributed by atoms with Crippen molar-refractivity contribution in [1.82, 2.24) is 4.98 Å². The maximum absolute atomic E-state index is 12.5. The van der Waals surface area contributed by atoms with Crippen LogP contribution in [-0.4, -0.2) is 17.2 Å². The third-order valence-electron chi connectivity index (χ3n) is 4.18. The molecule has 0 aliphatic heterocycles. The zero-order valence-electron chi connectivity index (χ0n) is 14.1. The van der Waals surface area contributed by atoms with Crippen LogP contribution >= 0.6 is 0 Å². The Balaban J connectivity index is 1.89. The molecule has 1 aromatic heterocycles. The Morgan fingerprint density at radius 2 is 1.80 bits per heavy atom. The maximum Gasteiger partial charge on any atom is 0.274 e. The summed E-state index contributed by atoms with van der Waals surface area (Å²) in [6.45, 7) is 3.76. The number of hydrogen-bond acceptors (Lipinski definition) is 3. The number of pyridine rings is 1. The van der Waals surface area contributed by atoms with E-state index < -0.39 is 0 Å². The van der Waals surface area contributed by atoms with Crippen molar-refractivity contribution in [2.24, 2.45) is 0 Å². The fourth-order valence-corrected chi connectivity index (χ4v) is 2.70. The number of carbonyl (C=O) groups is 2. The Morgan fingerprint density at radius 3 is 2.48 bits per heavy atom. The van der Waals surface area contributed by atoms with Gasteiger partial charge in [-0.2, -0.15) is 0 Å². The highest BCUT2D eigenvalue weighted by atomic mass is 16.1. The van der Waals surface area contributed by atoms with E-state index in [1.165, 1.54) is 6.20 Å². The van der Waals surface area contributed by atoms with Gasteiger partial charge in [0.05, 0.1) is 0 Å². The molecular weight excluding hydrogens is 312 g/mol. The van der Waals surface area contributed by atoms with Gasteiger partial charge in [-0.1, -0.05) is 42.5 Å². The lowest BCUT2D eigenvalue weighted by molar-refractivity contribution is 0.102. The topological polar surface area (TPSA) is 59.1 Å². The Bertz CT molecular complexity index is 934. The van der Waals surface area contributed by atoms with E-state index in [2.05, 4.69) is 10.3 Å². The summed E-state index contributed by atoms with van der Waals surface area (Å²) in [5.74, 6) is -0.297. The molecule has 1 amide bonds. The first-order valence-corrected chi connectivity index (χ1v) is 7.98. The summed E-state index contributed by atoms with van der Waals surface area (Å²) in [7, 11) is 0. The fourth-order valence-electron chi connectivity index (χ4n) is 2.70. The van der Waals surface area contributed by atoms with Gasteiger partial charge in [0.2, 0.25) is 0 Å². The van der Waals surface area contributed by atoms with Gasteiger partial charge in [0, 0.05) is 17.4 Å². The number of nitrogens with one attached hydrogen (secondary N) is 1. The summed E-state index contributed by atoms with van der Waals surface area (Å²) < 4.78 is 0. The molecular formula is C21H18N2O2. The lowest BCUT2D eigenvalue weighted by Gasteiger charge is -2.13. The number of hydrogen-bond donors (Lipinski definition) is 1. The summed E-state index contributed by atoms with van der Waals surface area (Å²) in [6, 6.07) is 17.5. The minimum atomic E-state index is -0.297. The molecule has 0 saturated heterocycles. The lowest BCUT2D eigenvalue weighted by Crippen LogP contribution is -2.15. The van der Waals surface area contributed by atoms with Crippen LogP contribution in [0.1, 0.15) is 32.0 Å². The minimum absolute atomic E-state index is 0.285. The zero-order valence-corrected chi connectivity index (χ0v) is 14.1. The van der Waals surface area contributed by atoms with Crippen LogP contribution in [0.5, 0.6) is 0 Å². The number of anilines is 1. The smallest absolute Gasteiger partial charge is 0.274 e. The molecule has 25 heavy (non-hydrogen) atoms. The van der Waals surface area contributed by atoms with Crippen LogP contribution in [0.15, 0.2) is 60.8 Å². The summed E-state index contributed by atoms with van der Waals surface area (Å²) in [4.78, 5) is 27.5. The van der Waals surface area contributed by atoms with Crippen molar-refractivity contribution in [2.45, 2.75) is 13.8 Å². The normalized spacial score (nSPS) is 10.3. The Kier molecular flexibility index (Phi) is 4.70. The predicted octanol–water partition coefficient (Wildman–Crippen LogP) is 4.43. The molecule has 3 aromatic rings. The van der Waals surface area contributed by atoms with Crippen molar-refractivity contribution >= 4 is 17.9 Å². The van der Waals surface area contributed by atoms with E-state index in [4.69, 9.17) is 0 Å². The van der Waals surface area contributed by atoms with Crippen molar-refractivity contribution < 1.29 is 9.59 Å². The van der Waals surface area contributed by atoms with Gasteiger partial charge in [0.15, 0.2) is 6.29 Å². The number of carbonyl (C=O) groups excluding carboxylic acids is 2. The van der Waals surface area contributed by atoms with Gasteiger partial charge in [-0.15, -0.1) is 0 Å². The largest absolute Gasteiger partial charge is 0.320 e. The molecule has 0 atom stereocenters. The number of amides is 1. The van der Waals surface area contributed by atoms with Crippen LogP contribution in [0.2, 0.25) is 0 Å². The van der Waals surface area contributed by atoms with Crippen molar-refractivity contribution in [3.05, 3.63) is 83.2 Å². The molecule has 4 nitrogen and oxygen atoms in total. The van der Waals surface area contributed by atoms with Gasteiger partial charge in [-0.3, -0.25) is 14.6 Å². The molecule has 0 saturated carbocycles. The number of nitrogens with zero attached hydrogens (tertiary/aromatic N) is 1. The van der Waals surface area contributed by atoms with E-state index in [-0.39, 0.29) is 11.6 Å². The molecule has 1 heterocycles. The molecule has 0 aliphatic rings. The highest BCUT2D eigenvalue weighted by molar-refractivity contribution is 6.04. The first-order chi connectivity index (χ1) is 12.1. The third kappa shape index (κ3) is 3.48. The van der Waals surface area contributed by atoms with Crippen molar-refractivity contribution in [3.63, 3.8) is 0 Å². The Labute approximate surface area is 146 Å². The lowest BCUT2D eigenvalue weighted by atomic mass is 9.99. The highest BCUT2D eigenvalue weighted by Crippen LogP contribution is 2.28. The molecule has 0 aliphatic carbocycles. The van der Waals surface area contributed by atoms with Gasteiger partial charge in [0.25, 0.3) is 5.91 Å². The number of rotatable bonds is 4. The Morgan fingerprint density at radius 1 is 1.04 bits per heavy atom. The van der Waals surface area contributed by atoms with Crippen LogP contribution in [0, 0.1) is 13.8 Å². The van der Waals surface area contributed by atoms with Gasteiger partial charge in [0.1, 0.15) is 5.69 Å². The van der Waals surface area contributed by atoms with Gasteiger partial charge < -0.3 is 5.32 Å². The minimum Gasteiger partial charge on any atom is -0.320 e.